The van der Waals surface area contributed by atoms with Gasteiger partial charge in [0.1, 0.15) is 6.04 Å². The maximum absolute atomic E-state index is 13.9. The molecule has 250 valence electrons. The van der Waals surface area contributed by atoms with Gasteiger partial charge < -0.3 is 34.6 Å². The van der Waals surface area contributed by atoms with Crippen molar-refractivity contribution < 1.29 is 23.8 Å². The van der Waals surface area contributed by atoms with Crippen LogP contribution in [0.2, 0.25) is 0 Å². The molecule has 2 N–H and O–H groups in total. The lowest BCUT2D eigenvalue weighted by Crippen LogP contribution is -2.53. The topological polar surface area (TPSA) is 109 Å². The third kappa shape index (κ3) is 7.45. The molecule has 0 radical (unpaired) electrons. The highest BCUT2D eigenvalue weighted by Gasteiger charge is 2.31. The van der Waals surface area contributed by atoms with Crippen molar-refractivity contribution in [3.8, 4) is 28.4 Å². The molecule has 1 fully saturated rings. The number of para-hydroxylation sites is 1. The number of thioether (sulfide) groups is 1. The predicted octanol–water partition coefficient (Wildman–Crippen LogP) is 4.75. The Kier molecular flexibility index (Phi) is 11.2. The number of benzene rings is 2. The summed E-state index contributed by atoms with van der Waals surface area (Å²) in [6, 6.07) is 16.4. The molecule has 5 rings (SSSR count). The van der Waals surface area contributed by atoms with E-state index in [1.165, 1.54) is 6.92 Å². The van der Waals surface area contributed by atoms with Crippen molar-refractivity contribution in [3.63, 3.8) is 0 Å². The molecular weight excluding hydrogens is 616 g/mol. The SMILES string of the molecule is COc1cc2c(c(OC)c1OC)-c1ccc(N[C@H](CCSC)C(=O)N3CCN(c4ccccc4)CC3)c(=O)cc1[C@@H](NC(C)=O)CC2. The van der Waals surface area contributed by atoms with Gasteiger partial charge in [-0.15, -0.1) is 0 Å². The molecule has 11 heteroatoms. The summed E-state index contributed by atoms with van der Waals surface area (Å²) in [6.07, 6.45) is 3.75. The maximum atomic E-state index is 13.9. The first-order chi connectivity index (χ1) is 22.8. The standard InChI is InChI=1S/C36H44N4O6S/c1-23(41)37-28-13-11-24-21-32(44-2)34(45-3)35(46-4)33(24)26-12-14-29(31(42)22-27(26)28)38-30(15-20-47-5)36(43)40-18-16-39(17-19-40)25-9-7-6-8-10-25/h6-10,12,14,21-22,28,30H,11,13,15-20H2,1-5H3,(H,37,41)(H,38,42)/t28-,30+/m0/s1. The molecule has 2 atom stereocenters. The van der Waals surface area contributed by atoms with Crippen molar-refractivity contribution in [2.24, 2.45) is 0 Å². The molecular formula is C36H44N4O6S. The fraction of sp³-hybridized carbons (Fsp3) is 0.417. The summed E-state index contributed by atoms with van der Waals surface area (Å²) in [5.41, 5.74) is 4.35. The van der Waals surface area contributed by atoms with Gasteiger partial charge in [-0.1, -0.05) is 24.3 Å². The van der Waals surface area contributed by atoms with E-state index in [1.54, 1.807) is 45.2 Å². The number of amides is 2. The van der Waals surface area contributed by atoms with E-state index in [0.29, 0.717) is 60.9 Å². The zero-order chi connectivity index (χ0) is 33.5. The largest absolute Gasteiger partial charge is 0.493 e. The second-order valence-electron chi connectivity index (χ2n) is 11.7. The van der Waals surface area contributed by atoms with Gasteiger partial charge in [-0.2, -0.15) is 11.8 Å². The molecule has 0 spiro atoms. The lowest BCUT2D eigenvalue weighted by atomic mass is 9.95. The molecule has 10 nitrogen and oxygen atoms in total. The third-order valence-corrected chi connectivity index (χ3v) is 9.51. The highest BCUT2D eigenvalue weighted by Crippen LogP contribution is 2.50. The van der Waals surface area contributed by atoms with Crippen LogP contribution in [0.5, 0.6) is 17.2 Å². The Labute approximate surface area is 280 Å². The molecule has 0 saturated carbocycles. The number of hydrogen-bond acceptors (Lipinski definition) is 9. The fourth-order valence-corrected chi connectivity index (χ4v) is 7.02. The number of carbonyl (C=O) groups excluding carboxylic acids is 2. The zero-order valence-electron chi connectivity index (χ0n) is 27.8. The van der Waals surface area contributed by atoms with Crippen molar-refractivity contribution in [1.82, 2.24) is 10.2 Å². The highest BCUT2D eigenvalue weighted by molar-refractivity contribution is 7.98. The summed E-state index contributed by atoms with van der Waals surface area (Å²) in [6.45, 7) is 4.16. The Morgan fingerprint density at radius 1 is 0.957 bits per heavy atom. The molecule has 0 unspecified atom stereocenters. The van der Waals surface area contributed by atoms with E-state index in [1.807, 2.05) is 41.5 Å². The van der Waals surface area contributed by atoms with Gasteiger partial charge in [0.25, 0.3) is 0 Å². The van der Waals surface area contributed by atoms with Crippen LogP contribution in [0.15, 0.2) is 59.4 Å². The summed E-state index contributed by atoms with van der Waals surface area (Å²) in [7, 11) is 4.71. The average molecular weight is 661 g/mol. The second-order valence-corrected chi connectivity index (χ2v) is 12.7. The number of hydrogen-bond donors (Lipinski definition) is 2. The van der Waals surface area contributed by atoms with Crippen molar-refractivity contribution >= 4 is 35.0 Å². The number of carbonyl (C=O) groups is 2. The van der Waals surface area contributed by atoms with Crippen molar-refractivity contribution in [1.29, 1.82) is 0 Å². The van der Waals surface area contributed by atoms with Crippen LogP contribution in [0.1, 0.15) is 36.9 Å². The molecule has 1 heterocycles. The van der Waals surface area contributed by atoms with Gasteiger partial charge in [-0.3, -0.25) is 14.4 Å². The minimum absolute atomic E-state index is 0.0146. The number of aryl methyl sites for hydroxylation is 1. The summed E-state index contributed by atoms with van der Waals surface area (Å²) in [4.78, 5) is 44.4. The Morgan fingerprint density at radius 2 is 1.68 bits per heavy atom. The fourth-order valence-electron chi connectivity index (χ4n) is 6.55. The van der Waals surface area contributed by atoms with E-state index in [4.69, 9.17) is 14.2 Å². The normalized spacial score (nSPS) is 16.2. The van der Waals surface area contributed by atoms with Crippen LogP contribution in [-0.2, 0) is 16.0 Å². The Balaban J connectivity index is 1.51. The van der Waals surface area contributed by atoms with E-state index in [0.717, 1.165) is 41.2 Å². The molecule has 47 heavy (non-hydrogen) atoms. The van der Waals surface area contributed by atoms with Crippen LogP contribution in [0.3, 0.4) is 0 Å². The van der Waals surface area contributed by atoms with E-state index >= 15 is 0 Å². The Hall–Kier alpha value is -4.38. The summed E-state index contributed by atoms with van der Waals surface area (Å²) < 4.78 is 17.2. The molecule has 1 saturated heterocycles. The minimum atomic E-state index is -0.571. The van der Waals surface area contributed by atoms with Gasteiger partial charge in [-0.25, -0.2) is 0 Å². The number of nitrogens with zero attached hydrogens (tertiary/aromatic N) is 2. The van der Waals surface area contributed by atoms with Crippen LogP contribution in [-0.4, -0.2) is 82.3 Å². The average Bonchev–Trinajstić information content (AvgIpc) is 3.33. The number of anilines is 2. The van der Waals surface area contributed by atoms with E-state index < -0.39 is 12.1 Å². The van der Waals surface area contributed by atoms with Gasteiger partial charge in [0.05, 0.1) is 33.1 Å². The van der Waals surface area contributed by atoms with Crippen molar-refractivity contribution in [2.75, 3.05) is 69.7 Å². The quantitative estimate of drug-likeness (QED) is 0.301. The molecule has 0 bridgehead atoms. The number of rotatable bonds is 11. The van der Waals surface area contributed by atoms with Gasteiger partial charge in [-0.05, 0) is 78.3 Å². The maximum Gasteiger partial charge on any atom is 0.245 e. The Bertz CT molecular complexity index is 1640. The van der Waals surface area contributed by atoms with Crippen LogP contribution in [0, 0.1) is 0 Å². The number of nitrogens with one attached hydrogen (secondary N) is 2. The molecule has 3 aromatic rings. The van der Waals surface area contributed by atoms with Gasteiger partial charge in [0, 0.05) is 44.4 Å². The minimum Gasteiger partial charge on any atom is -0.493 e. The summed E-state index contributed by atoms with van der Waals surface area (Å²) in [5.74, 6) is 2.02. The first-order valence-electron chi connectivity index (χ1n) is 15.9. The molecule has 1 aliphatic carbocycles. The van der Waals surface area contributed by atoms with Crippen LogP contribution < -0.4 is 35.2 Å². The predicted molar refractivity (Wildman–Crippen MR) is 188 cm³/mol. The van der Waals surface area contributed by atoms with Crippen molar-refractivity contribution in [2.45, 2.75) is 38.3 Å². The third-order valence-electron chi connectivity index (χ3n) is 8.87. The monoisotopic (exact) mass is 660 g/mol. The lowest BCUT2D eigenvalue weighted by molar-refractivity contribution is -0.132. The first-order valence-corrected chi connectivity index (χ1v) is 17.3. The van der Waals surface area contributed by atoms with Crippen LogP contribution in [0.25, 0.3) is 11.1 Å². The number of piperazine rings is 1. The Morgan fingerprint density at radius 3 is 2.32 bits per heavy atom. The number of fused-ring (bicyclic) bond motifs is 3. The number of ether oxygens (including phenoxy) is 3. The first kappa shape index (κ1) is 34.0. The van der Waals surface area contributed by atoms with Crippen molar-refractivity contribution in [3.05, 3.63) is 75.9 Å². The summed E-state index contributed by atoms with van der Waals surface area (Å²) in [5, 5.41) is 6.38. The van der Waals surface area contributed by atoms with Crippen LogP contribution in [0.4, 0.5) is 11.4 Å². The molecule has 2 amide bonds. The summed E-state index contributed by atoms with van der Waals surface area (Å²) >= 11 is 1.66. The smallest absolute Gasteiger partial charge is 0.245 e. The van der Waals surface area contributed by atoms with E-state index in [-0.39, 0.29) is 17.2 Å². The van der Waals surface area contributed by atoms with Gasteiger partial charge in [0.15, 0.2) is 11.5 Å². The van der Waals surface area contributed by atoms with E-state index in [2.05, 4.69) is 27.7 Å². The molecule has 1 aliphatic heterocycles. The van der Waals surface area contributed by atoms with Crippen LogP contribution >= 0.6 is 11.8 Å². The van der Waals surface area contributed by atoms with Gasteiger partial charge in [0.2, 0.25) is 23.0 Å². The van der Waals surface area contributed by atoms with Gasteiger partial charge >= 0.3 is 0 Å². The molecule has 3 aromatic carbocycles. The number of methoxy groups -OCH3 is 3. The van der Waals surface area contributed by atoms with E-state index in [9.17, 15) is 14.4 Å². The zero-order valence-corrected chi connectivity index (χ0v) is 28.6. The molecule has 0 aromatic heterocycles. The lowest BCUT2D eigenvalue weighted by Gasteiger charge is -2.37. The molecule has 2 aliphatic rings. The highest BCUT2D eigenvalue weighted by atomic mass is 32.2. The second kappa shape index (κ2) is 15.5.